The number of benzene rings is 3. The van der Waals surface area contributed by atoms with E-state index in [4.69, 9.17) is 4.74 Å². The zero-order valence-corrected chi connectivity index (χ0v) is 22.3. The fourth-order valence-corrected chi connectivity index (χ4v) is 4.79. The van der Waals surface area contributed by atoms with E-state index in [0.717, 1.165) is 29.7 Å². The molecule has 194 valence electrons. The molecule has 0 unspecified atom stereocenters. The summed E-state index contributed by atoms with van der Waals surface area (Å²) in [5.74, 6) is 0.534. The summed E-state index contributed by atoms with van der Waals surface area (Å²) >= 11 is 0. The Hall–Kier alpha value is -3.60. The highest BCUT2D eigenvalue weighted by molar-refractivity contribution is 6.22. The van der Waals surface area contributed by atoms with Gasteiger partial charge in [0.15, 0.2) is 0 Å². The number of carbonyl (C=O) groups excluding carboxylic acids is 2. The maximum Gasteiger partial charge on any atom is 0.332 e. The number of hydrogen-bond donors (Lipinski definition) is 0. The number of imide groups is 1. The van der Waals surface area contributed by atoms with Crippen molar-refractivity contribution in [2.45, 2.75) is 71.4 Å². The van der Waals surface area contributed by atoms with Gasteiger partial charge in [-0.3, -0.25) is 4.79 Å². The normalized spacial score (nSPS) is 14.9. The molecule has 4 rings (SSSR count). The molecule has 5 nitrogen and oxygen atoms in total. The summed E-state index contributed by atoms with van der Waals surface area (Å²) in [5.41, 5.74) is 3.02. The molecule has 1 saturated heterocycles. The Morgan fingerprint density at radius 3 is 2.11 bits per heavy atom. The Balaban J connectivity index is 1.45. The van der Waals surface area contributed by atoms with Gasteiger partial charge in [-0.15, -0.1) is 0 Å². The molecular weight excluding hydrogens is 460 g/mol. The number of anilines is 1. The molecule has 0 aromatic heterocycles. The van der Waals surface area contributed by atoms with Crippen LogP contribution >= 0.6 is 0 Å². The number of carbonyl (C=O) groups is 2. The molecule has 1 aliphatic rings. The predicted molar refractivity (Wildman–Crippen MR) is 149 cm³/mol. The summed E-state index contributed by atoms with van der Waals surface area (Å²) in [4.78, 5) is 30.0. The van der Waals surface area contributed by atoms with Gasteiger partial charge in [-0.2, -0.15) is 0 Å². The maximum atomic E-state index is 13.6. The third-order valence-electron chi connectivity index (χ3n) is 7.12. The van der Waals surface area contributed by atoms with Gasteiger partial charge in [0.25, 0.3) is 5.91 Å². The summed E-state index contributed by atoms with van der Waals surface area (Å²) in [7, 11) is 0. The van der Waals surface area contributed by atoms with Crippen molar-refractivity contribution in [3.8, 4) is 5.75 Å². The van der Waals surface area contributed by atoms with Gasteiger partial charge in [0, 0.05) is 6.54 Å². The number of hydrogen-bond acceptors (Lipinski definition) is 3. The van der Waals surface area contributed by atoms with Crippen LogP contribution in [-0.4, -0.2) is 29.0 Å². The van der Waals surface area contributed by atoms with Crippen molar-refractivity contribution in [1.29, 1.82) is 0 Å². The van der Waals surface area contributed by atoms with E-state index in [-0.39, 0.29) is 11.9 Å². The number of amides is 3. The molecule has 1 fully saturated rings. The molecule has 3 aromatic carbocycles. The van der Waals surface area contributed by atoms with Gasteiger partial charge in [0.2, 0.25) is 0 Å². The van der Waals surface area contributed by atoms with Crippen LogP contribution in [0.25, 0.3) is 0 Å². The van der Waals surface area contributed by atoms with Crippen LogP contribution < -0.4 is 9.64 Å². The first-order chi connectivity index (χ1) is 17.9. The average molecular weight is 499 g/mol. The minimum Gasteiger partial charge on any atom is -0.494 e. The van der Waals surface area contributed by atoms with Gasteiger partial charge in [0.05, 0.1) is 12.3 Å². The molecule has 37 heavy (non-hydrogen) atoms. The lowest BCUT2D eigenvalue weighted by Crippen LogP contribution is -2.43. The Labute approximate surface area is 221 Å². The van der Waals surface area contributed by atoms with Crippen LogP contribution in [-0.2, 0) is 17.8 Å². The van der Waals surface area contributed by atoms with Crippen LogP contribution in [0.15, 0.2) is 78.9 Å². The molecule has 0 N–H and O–H groups in total. The third-order valence-corrected chi connectivity index (χ3v) is 7.12. The zero-order valence-electron chi connectivity index (χ0n) is 22.3. The Morgan fingerprint density at radius 2 is 1.41 bits per heavy atom. The third kappa shape index (κ3) is 6.22. The summed E-state index contributed by atoms with van der Waals surface area (Å²) < 4.78 is 5.86. The molecule has 0 bridgehead atoms. The highest BCUT2D eigenvalue weighted by atomic mass is 16.5. The van der Waals surface area contributed by atoms with Gasteiger partial charge >= 0.3 is 6.03 Å². The topological polar surface area (TPSA) is 49.9 Å². The number of nitrogens with zero attached hydrogens (tertiary/aromatic N) is 2. The van der Waals surface area contributed by atoms with Crippen molar-refractivity contribution in [2.75, 3.05) is 11.5 Å². The Morgan fingerprint density at radius 1 is 0.757 bits per heavy atom. The highest BCUT2D eigenvalue weighted by Crippen LogP contribution is 2.34. The minimum absolute atomic E-state index is 0.220. The molecule has 0 radical (unpaired) electrons. The Kier molecular flexibility index (Phi) is 8.65. The second-order valence-electron chi connectivity index (χ2n) is 10.3. The Bertz CT molecular complexity index is 1190. The molecule has 1 heterocycles. The van der Waals surface area contributed by atoms with Crippen LogP contribution in [0.4, 0.5) is 10.5 Å². The first-order valence-corrected chi connectivity index (χ1v) is 13.4. The van der Waals surface area contributed by atoms with Crippen molar-refractivity contribution in [3.05, 3.63) is 95.6 Å². The maximum absolute atomic E-state index is 13.6. The van der Waals surface area contributed by atoms with E-state index in [1.54, 1.807) is 17.0 Å². The van der Waals surface area contributed by atoms with E-state index in [9.17, 15) is 9.59 Å². The first kappa shape index (κ1) is 26.5. The van der Waals surface area contributed by atoms with E-state index in [1.807, 2.05) is 62.4 Å². The second kappa shape index (κ2) is 12.1. The lowest BCUT2D eigenvalue weighted by Gasteiger charge is -2.28. The van der Waals surface area contributed by atoms with Crippen molar-refractivity contribution in [2.24, 2.45) is 0 Å². The van der Waals surface area contributed by atoms with Crippen LogP contribution in [0.5, 0.6) is 5.75 Å². The van der Waals surface area contributed by atoms with Gasteiger partial charge in [-0.05, 0) is 67.6 Å². The van der Waals surface area contributed by atoms with Gasteiger partial charge in [-0.25, -0.2) is 9.69 Å². The van der Waals surface area contributed by atoms with Gasteiger partial charge in [-0.1, -0.05) is 87.2 Å². The zero-order chi connectivity index (χ0) is 26.3. The number of ether oxygens (including phenoxy) is 1. The molecule has 0 aliphatic carbocycles. The van der Waals surface area contributed by atoms with Gasteiger partial charge in [0.1, 0.15) is 11.3 Å². The monoisotopic (exact) mass is 498 g/mol. The van der Waals surface area contributed by atoms with Crippen LogP contribution in [0.3, 0.4) is 0 Å². The van der Waals surface area contributed by atoms with Crippen LogP contribution in [0.2, 0.25) is 0 Å². The molecule has 3 amide bonds. The largest absolute Gasteiger partial charge is 0.494 e. The van der Waals surface area contributed by atoms with E-state index in [1.165, 1.54) is 36.1 Å². The van der Waals surface area contributed by atoms with Crippen molar-refractivity contribution in [3.63, 3.8) is 0 Å². The molecule has 3 aromatic rings. The van der Waals surface area contributed by atoms with Crippen LogP contribution in [0, 0.1) is 0 Å². The smallest absolute Gasteiger partial charge is 0.332 e. The van der Waals surface area contributed by atoms with Gasteiger partial charge < -0.3 is 9.64 Å². The second-order valence-corrected chi connectivity index (χ2v) is 10.3. The number of rotatable bonds is 12. The molecule has 0 saturated carbocycles. The number of urea groups is 1. The number of unbranched alkanes of at least 4 members (excludes halogenated alkanes) is 4. The minimum atomic E-state index is -0.954. The molecule has 0 spiro atoms. The van der Waals surface area contributed by atoms with Crippen molar-refractivity contribution < 1.29 is 14.3 Å². The average Bonchev–Trinajstić information content (AvgIpc) is 3.07. The molecule has 0 atom stereocenters. The summed E-state index contributed by atoms with van der Waals surface area (Å²) in [6, 6.07) is 25.4. The molecule has 5 heteroatoms. The lowest BCUT2D eigenvalue weighted by atomic mass is 9.97. The van der Waals surface area contributed by atoms with Crippen LogP contribution in [0.1, 0.15) is 69.6 Å². The van der Waals surface area contributed by atoms with E-state index < -0.39 is 5.54 Å². The molecule has 1 aliphatic heterocycles. The molecular formula is C32H38N2O3. The fourth-order valence-electron chi connectivity index (χ4n) is 4.79. The first-order valence-electron chi connectivity index (χ1n) is 13.4. The predicted octanol–water partition coefficient (Wildman–Crippen LogP) is 7.37. The van der Waals surface area contributed by atoms with E-state index >= 15 is 0 Å². The fraction of sp³-hybridized carbons (Fsp3) is 0.375. The summed E-state index contributed by atoms with van der Waals surface area (Å²) in [5, 5.41) is 0. The summed E-state index contributed by atoms with van der Waals surface area (Å²) in [6.45, 7) is 6.90. The summed E-state index contributed by atoms with van der Waals surface area (Å²) in [6.07, 6.45) is 6.70. The van der Waals surface area contributed by atoms with Crippen molar-refractivity contribution >= 4 is 17.6 Å². The quantitative estimate of drug-likeness (QED) is 0.193. The lowest BCUT2D eigenvalue weighted by molar-refractivity contribution is -0.123. The van der Waals surface area contributed by atoms with Crippen molar-refractivity contribution in [1.82, 2.24) is 4.90 Å². The SMILES string of the molecule is CCCCCCCOc1ccc(N2C(=O)N(Cc3ccccc3Cc3ccccc3)C(C)(C)C2=O)cc1. The highest BCUT2D eigenvalue weighted by Gasteiger charge is 2.51. The van der Waals surface area contributed by atoms with E-state index in [0.29, 0.717) is 18.8 Å². The standard InChI is InChI=1S/C32H38N2O3/c1-4-5-6-7-13-22-37-29-20-18-28(19-21-29)34-30(35)32(2,3)33(31(34)36)24-27-17-12-11-16-26(27)23-25-14-9-8-10-15-25/h8-12,14-21H,4-7,13,22-24H2,1-3H3. The van der Waals surface area contributed by atoms with E-state index in [2.05, 4.69) is 25.1 Å².